The number of nitrogens with zero attached hydrogens (tertiary/aromatic N) is 1. The van der Waals surface area contributed by atoms with Crippen molar-refractivity contribution < 1.29 is 4.39 Å². The van der Waals surface area contributed by atoms with Gasteiger partial charge in [0.15, 0.2) is 0 Å². The molecule has 0 saturated heterocycles. The molecule has 3 heteroatoms. The molecule has 1 aromatic carbocycles. The fraction of sp³-hybridized carbons (Fsp3) is 0.421. The topological polar surface area (TPSA) is 12.9 Å². The third-order valence-corrected chi connectivity index (χ3v) is 5.10. The van der Waals surface area contributed by atoms with Crippen molar-refractivity contribution in [3.63, 3.8) is 0 Å². The highest BCUT2D eigenvalue weighted by Crippen LogP contribution is 2.42. The lowest BCUT2D eigenvalue weighted by atomic mass is 9.88. The molecule has 3 atom stereocenters. The number of hydrogen-bond donors (Lipinski definition) is 0. The molecule has 0 unspecified atom stereocenters. The van der Waals surface area contributed by atoms with E-state index in [0.29, 0.717) is 11.8 Å². The minimum absolute atomic E-state index is 0.395. The zero-order valence-electron chi connectivity index (χ0n) is 12.8. The Morgan fingerprint density at radius 1 is 1.27 bits per heavy atom. The van der Waals surface area contributed by atoms with E-state index >= 15 is 0 Å². The third kappa shape index (κ3) is 3.67. The third-order valence-electron chi connectivity index (χ3n) is 4.87. The van der Waals surface area contributed by atoms with Crippen LogP contribution in [0.4, 0.5) is 4.39 Å². The average Bonchev–Trinajstić information content (AvgIpc) is 2.96. The van der Waals surface area contributed by atoms with E-state index in [1.807, 2.05) is 18.2 Å². The van der Waals surface area contributed by atoms with Crippen LogP contribution in [-0.4, -0.2) is 4.98 Å². The van der Waals surface area contributed by atoms with E-state index in [2.05, 4.69) is 24.0 Å². The van der Waals surface area contributed by atoms with Gasteiger partial charge in [0, 0.05) is 11.2 Å². The first-order chi connectivity index (χ1) is 10.6. The highest BCUT2D eigenvalue weighted by Gasteiger charge is 2.27. The average molecular weight is 318 g/mol. The largest absolute Gasteiger partial charge is 0.228 e. The molecule has 1 heterocycles. The summed E-state index contributed by atoms with van der Waals surface area (Å²) in [5, 5.41) is 0.811. The van der Waals surface area contributed by atoms with Crippen LogP contribution >= 0.6 is 11.6 Å². The number of pyridine rings is 1. The Morgan fingerprint density at radius 3 is 2.86 bits per heavy atom. The number of benzene rings is 1. The van der Waals surface area contributed by atoms with Crippen LogP contribution in [0.2, 0.25) is 5.02 Å². The van der Waals surface area contributed by atoms with Gasteiger partial charge < -0.3 is 0 Å². The van der Waals surface area contributed by atoms with Gasteiger partial charge in [0.2, 0.25) is 5.95 Å². The molecule has 22 heavy (non-hydrogen) atoms. The molecule has 0 amide bonds. The molecule has 3 rings (SSSR count). The first-order valence-corrected chi connectivity index (χ1v) is 8.36. The molecule has 0 radical (unpaired) electrons. The highest BCUT2D eigenvalue weighted by atomic mass is 35.5. The van der Waals surface area contributed by atoms with Crippen molar-refractivity contribution in [2.24, 2.45) is 5.92 Å². The molecule has 1 nitrogen and oxygen atoms in total. The van der Waals surface area contributed by atoms with Crippen LogP contribution in [0, 0.1) is 11.9 Å². The van der Waals surface area contributed by atoms with Crippen molar-refractivity contribution >= 4 is 11.6 Å². The van der Waals surface area contributed by atoms with Gasteiger partial charge in [-0.15, -0.1) is 0 Å². The quantitative estimate of drug-likeness (QED) is 0.635. The Morgan fingerprint density at radius 2 is 2.14 bits per heavy atom. The zero-order chi connectivity index (χ0) is 15.5. The van der Waals surface area contributed by atoms with Crippen LogP contribution in [0.15, 0.2) is 42.6 Å². The van der Waals surface area contributed by atoms with Crippen molar-refractivity contribution in [1.82, 2.24) is 4.98 Å². The Hall–Kier alpha value is -1.41. The van der Waals surface area contributed by atoms with Gasteiger partial charge in [-0.25, -0.2) is 4.98 Å². The fourth-order valence-electron chi connectivity index (χ4n) is 3.67. The smallest absolute Gasteiger partial charge is 0.212 e. The van der Waals surface area contributed by atoms with Crippen molar-refractivity contribution in [3.05, 3.63) is 64.7 Å². The van der Waals surface area contributed by atoms with Gasteiger partial charge in [-0.1, -0.05) is 36.7 Å². The lowest BCUT2D eigenvalue weighted by molar-refractivity contribution is 0.454. The van der Waals surface area contributed by atoms with Crippen LogP contribution in [0.3, 0.4) is 0 Å². The van der Waals surface area contributed by atoms with E-state index in [1.165, 1.54) is 42.9 Å². The molecule has 1 aromatic heterocycles. The van der Waals surface area contributed by atoms with Gasteiger partial charge in [0.1, 0.15) is 0 Å². The zero-order valence-corrected chi connectivity index (χ0v) is 13.6. The molecule has 116 valence electrons. The first kappa shape index (κ1) is 15.5. The Balaban J connectivity index is 1.60. The summed E-state index contributed by atoms with van der Waals surface area (Å²) in [5.74, 6) is 1.38. The fourth-order valence-corrected chi connectivity index (χ4v) is 3.87. The van der Waals surface area contributed by atoms with Gasteiger partial charge in [0.05, 0.1) is 0 Å². The predicted molar refractivity (Wildman–Crippen MR) is 88.8 cm³/mol. The second-order valence-electron chi connectivity index (χ2n) is 6.48. The lowest BCUT2D eigenvalue weighted by Crippen LogP contribution is -2.03. The summed E-state index contributed by atoms with van der Waals surface area (Å²) in [5.41, 5.74) is 2.50. The highest BCUT2D eigenvalue weighted by molar-refractivity contribution is 6.30. The van der Waals surface area contributed by atoms with Gasteiger partial charge in [-0.05, 0) is 72.8 Å². The van der Waals surface area contributed by atoms with Gasteiger partial charge in [-0.3, -0.25) is 0 Å². The molecule has 0 N–H and O–H groups in total. The summed E-state index contributed by atoms with van der Waals surface area (Å²) in [4.78, 5) is 3.79. The van der Waals surface area contributed by atoms with E-state index in [9.17, 15) is 4.39 Å². The Bertz CT molecular complexity index is 626. The minimum atomic E-state index is -0.395. The maximum absolute atomic E-state index is 12.9. The van der Waals surface area contributed by atoms with E-state index in [1.54, 1.807) is 6.20 Å². The van der Waals surface area contributed by atoms with Crippen molar-refractivity contribution in [2.45, 2.75) is 44.4 Å². The molecule has 0 aliphatic heterocycles. The van der Waals surface area contributed by atoms with Crippen molar-refractivity contribution in [2.75, 3.05) is 0 Å². The van der Waals surface area contributed by atoms with Crippen LogP contribution in [0.25, 0.3) is 0 Å². The SMILES string of the molecule is C[C@@H](C[C@H]1CC[C@@H](c2ccc(F)nc2)C1)c1cccc(Cl)c1. The Kier molecular flexibility index (Phi) is 4.77. The number of aromatic nitrogens is 1. The molecule has 1 aliphatic rings. The van der Waals surface area contributed by atoms with Crippen molar-refractivity contribution in [3.8, 4) is 0 Å². The number of rotatable bonds is 4. The summed E-state index contributed by atoms with van der Waals surface area (Å²) >= 11 is 6.08. The molecule has 1 fully saturated rings. The summed E-state index contributed by atoms with van der Waals surface area (Å²) in [6.45, 7) is 2.28. The number of hydrogen-bond acceptors (Lipinski definition) is 1. The molecule has 0 spiro atoms. The molecular weight excluding hydrogens is 297 g/mol. The lowest BCUT2D eigenvalue weighted by Gasteiger charge is -2.17. The Labute approximate surface area is 136 Å². The van der Waals surface area contributed by atoms with E-state index in [4.69, 9.17) is 11.6 Å². The maximum Gasteiger partial charge on any atom is 0.212 e. The predicted octanol–water partition coefficient (Wildman–Crippen LogP) is 5.95. The van der Waals surface area contributed by atoms with Crippen LogP contribution < -0.4 is 0 Å². The normalized spacial score (nSPS) is 22.7. The van der Waals surface area contributed by atoms with E-state index < -0.39 is 5.95 Å². The first-order valence-electron chi connectivity index (χ1n) is 7.98. The monoisotopic (exact) mass is 317 g/mol. The summed E-state index contributed by atoms with van der Waals surface area (Å²) in [6.07, 6.45) is 6.49. The van der Waals surface area contributed by atoms with Gasteiger partial charge in [-0.2, -0.15) is 4.39 Å². The number of halogens is 2. The molecular formula is C19H21ClFN. The van der Waals surface area contributed by atoms with E-state index in [-0.39, 0.29) is 0 Å². The van der Waals surface area contributed by atoms with Crippen molar-refractivity contribution in [1.29, 1.82) is 0 Å². The summed E-state index contributed by atoms with van der Waals surface area (Å²) in [7, 11) is 0. The maximum atomic E-state index is 12.9. The minimum Gasteiger partial charge on any atom is -0.228 e. The second kappa shape index (κ2) is 6.78. The molecule has 0 bridgehead atoms. The molecule has 1 aliphatic carbocycles. The second-order valence-corrected chi connectivity index (χ2v) is 6.92. The summed E-state index contributed by atoms with van der Waals surface area (Å²) < 4.78 is 12.9. The standard InChI is InChI=1S/C19H21ClFN/c1-13(15-3-2-4-18(20)11-15)9-14-5-6-16(10-14)17-7-8-19(21)22-12-17/h2-4,7-8,11-14,16H,5-6,9-10H2,1H3/t13-,14+,16+/m0/s1. The van der Waals surface area contributed by atoms with Crippen LogP contribution in [0.5, 0.6) is 0 Å². The molecule has 1 saturated carbocycles. The summed E-state index contributed by atoms with van der Waals surface area (Å²) in [6, 6.07) is 11.5. The van der Waals surface area contributed by atoms with E-state index in [0.717, 1.165) is 10.9 Å². The van der Waals surface area contributed by atoms with Crippen LogP contribution in [-0.2, 0) is 0 Å². The molecule has 2 aromatic rings. The van der Waals surface area contributed by atoms with Crippen LogP contribution in [0.1, 0.15) is 55.6 Å². The van der Waals surface area contributed by atoms with Gasteiger partial charge in [0.25, 0.3) is 0 Å². The van der Waals surface area contributed by atoms with Gasteiger partial charge >= 0.3 is 0 Å².